The number of aryl methyl sites for hydroxylation is 2. The van der Waals surface area contributed by atoms with Crippen LogP contribution in [-0.4, -0.2) is 5.78 Å². The molecule has 0 fully saturated rings. The number of rotatable bonds is 2. The zero-order valence-electron chi connectivity index (χ0n) is 13.4. The smallest absolute Gasteiger partial charge is 0.198 e. The summed E-state index contributed by atoms with van der Waals surface area (Å²) in [6.07, 6.45) is 0.715. The Morgan fingerprint density at radius 3 is 2.38 bits per heavy atom. The third kappa shape index (κ3) is 2.45. The minimum Gasteiger partial charge on any atom is -0.288 e. The number of fused-ring (bicyclic) bond motifs is 1. The van der Waals surface area contributed by atoms with Gasteiger partial charge in [-0.15, -0.1) is 0 Å². The SMILES string of the molecule is C=C(C)C(=O)/C(C#N)=C1\CC(C)(C)c2cc(C)c(C)cc21. The van der Waals surface area contributed by atoms with Gasteiger partial charge in [-0.3, -0.25) is 4.79 Å². The highest BCUT2D eigenvalue weighted by atomic mass is 16.1. The maximum Gasteiger partial charge on any atom is 0.198 e. The van der Waals surface area contributed by atoms with Crippen LogP contribution in [0.25, 0.3) is 5.57 Å². The van der Waals surface area contributed by atoms with Crippen molar-refractivity contribution >= 4 is 11.4 Å². The first-order chi connectivity index (χ1) is 9.69. The molecule has 0 N–H and O–H groups in total. The van der Waals surface area contributed by atoms with Crippen LogP contribution in [0, 0.1) is 25.2 Å². The predicted molar refractivity (Wildman–Crippen MR) is 85.9 cm³/mol. The van der Waals surface area contributed by atoms with Crippen molar-refractivity contribution in [1.82, 2.24) is 0 Å². The first kappa shape index (κ1) is 15.3. The van der Waals surface area contributed by atoms with Crippen LogP contribution < -0.4 is 0 Å². The molecular formula is C19H21NO. The molecule has 1 aromatic carbocycles. The van der Waals surface area contributed by atoms with Crippen molar-refractivity contribution < 1.29 is 4.79 Å². The van der Waals surface area contributed by atoms with Crippen LogP contribution in [0.2, 0.25) is 0 Å². The second-order valence-electron chi connectivity index (χ2n) is 6.62. The van der Waals surface area contributed by atoms with Gasteiger partial charge in [0, 0.05) is 0 Å². The van der Waals surface area contributed by atoms with Crippen molar-refractivity contribution in [2.75, 3.05) is 0 Å². The second-order valence-corrected chi connectivity index (χ2v) is 6.62. The van der Waals surface area contributed by atoms with Gasteiger partial charge in [-0.2, -0.15) is 5.26 Å². The number of carbonyl (C=O) groups is 1. The minimum absolute atomic E-state index is 0.0550. The molecule has 0 saturated carbocycles. The molecule has 0 radical (unpaired) electrons. The quantitative estimate of drug-likeness (QED) is 0.594. The summed E-state index contributed by atoms with van der Waals surface area (Å²) >= 11 is 0. The summed E-state index contributed by atoms with van der Waals surface area (Å²) in [6, 6.07) is 6.41. The third-order valence-corrected chi connectivity index (χ3v) is 4.34. The van der Waals surface area contributed by atoms with Crippen LogP contribution in [0.4, 0.5) is 0 Å². The van der Waals surface area contributed by atoms with E-state index in [9.17, 15) is 10.1 Å². The van der Waals surface area contributed by atoms with E-state index < -0.39 is 0 Å². The fourth-order valence-electron chi connectivity index (χ4n) is 2.95. The molecule has 0 unspecified atom stereocenters. The van der Waals surface area contributed by atoms with Crippen LogP contribution >= 0.6 is 0 Å². The fourth-order valence-corrected chi connectivity index (χ4v) is 2.95. The van der Waals surface area contributed by atoms with Gasteiger partial charge in [-0.25, -0.2) is 0 Å². The molecule has 0 atom stereocenters. The van der Waals surface area contributed by atoms with Crippen molar-refractivity contribution in [1.29, 1.82) is 5.26 Å². The van der Waals surface area contributed by atoms with Gasteiger partial charge < -0.3 is 0 Å². The predicted octanol–water partition coefficient (Wildman–Crippen LogP) is 4.41. The zero-order valence-corrected chi connectivity index (χ0v) is 13.4. The van der Waals surface area contributed by atoms with Crippen molar-refractivity contribution in [2.24, 2.45) is 0 Å². The lowest BCUT2D eigenvalue weighted by Crippen LogP contribution is -2.12. The molecule has 1 aliphatic carbocycles. The van der Waals surface area contributed by atoms with Gasteiger partial charge >= 0.3 is 0 Å². The van der Waals surface area contributed by atoms with Gasteiger partial charge in [0.2, 0.25) is 0 Å². The van der Waals surface area contributed by atoms with E-state index in [-0.39, 0.29) is 16.8 Å². The molecular weight excluding hydrogens is 258 g/mol. The lowest BCUT2D eigenvalue weighted by atomic mass is 9.85. The van der Waals surface area contributed by atoms with Crippen LogP contribution in [0.3, 0.4) is 0 Å². The number of Topliss-reactive ketones (excluding diaryl/α,β-unsaturated/α-hetero) is 1. The summed E-state index contributed by atoms with van der Waals surface area (Å²) in [4.78, 5) is 12.3. The van der Waals surface area contributed by atoms with Crippen LogP contribution in [0.1, 0.15) is 49.4 Å². The summed E-state index contributed by atoms with van der Waals surface area (Å²) in [7, 11) is 0. The number of nitriles is 1. The average Bonchev–Trinajstić information content (AvgIpc) is 2.63. The van der Waals surface area contributed by atoms with Crippen LogP contribution in [0.15, 0.2) is 29.9 Å². The monoisotopic (exact) mass is 279 g/mol. The van der Waals surface area contributed by atoms with Crippen molar-refractivity contribution in [3.8, 4) is 6.07 Å². The molecule has 1 aliphatic rings. The van der Waals surface area contributed by atoms with E-state index in [1.807, 2.05) is 0 Å². The molecule has 2 heteroatoms. The summed E-state index contributed by atoms with van der Waals surface area (Å²) in [5.74, 6) is -0.241. The second kappa shape index (κ2) is 5.00. The van der Waals surface area contributed by atoms with E-state index >= 15 is 0 Å². The molecule has 0 amide bonds. The van der Waals surface area contributed by atoms with Gasteiger partial charge in [-0.05, 0) is 66.0 Å². The number of benzene rings is 1. The topological polar surface area (TPSA) is 40.9 Å². The minimum atomic E-state index is -0.241. The maximum absolute atomic E-state index is 12.3. The van der Waals surface area contributed by atoms with Gasteiger partial charge in [-0.1, -0.05) is 32.6 Å². The molecule has 0 saturated heterocycles. The average molecular weight is 279 g/mol. The van der Waals surface area contributed by atoms with E-state index in [1.54, 1.807) is 6.92 Å². The van der Waals surface area contributed by atoms with Gasteiger partial charge in [0.15, 0.2) is 5.78 Å². The number of hydrogen-bond donors (Lipinski definition) is 0. The molecule has 0 aliphatic heterocycles. The Kier molecular flexibility index (Phi) is 3.63. The molecule has 0 aromatic heterocycles. The van der Waals surface area contributed by atoms with Gasteiger partial charge in [0.25, 0.3) is 0 Å². The molecule has 1 aromatic rings. The first-order valence-electron chi connectivity index (χ1n) is 7.14. The summed E-state index contributed by atoms with van der Waals surface area (Å²) in [5, 5.41) is 9.46. The van der Waals surface area contributed by atoms with Crippen molar-refractivity contribution in [3.05, 3.63) is 52.1 Å². The highest BCUT2D eigenvalue weighted by Gasteiger charge is 2.36. The largest absolute Gasteiger partial charge is 0.288 e. The Bertz CT molecular complexity index is 727. The van der Waals surface area contributed by atoms with Crippen molar-refractivity contribution in [2.45, 2.75) is 46.5 Å². The number of ketones is 1. The Labute approximate surface area is 126 Å². The molecule has 0 bridgehead atoms. The van der Waals surface area contributed by atoms with Gasteiger partial charge in [0.05, 0.1) is 0 Å². The number of allylic oxidation sites excluding steroid dienone is 3. The molecule has 2 nitrogen and oxygen atoms in total. The van der Waals surface area contributed by atoms with E-state index in [4.69, 9.17) is 0 Å². The Balaban J connectivity index is 2.77. The number of nitrogens with zero attached hydrogens (tertiary/aromatic N) is 1. The summed E-state index contributed by atoms with van der Waals surface area (Å²) in [5.41, 5.74) is 6.18. The number of hydrogen-bond acceptors (Lipinski definition) is 2. The number of carbonyl (C=O) groups excluding carboxylic acids is 1. The Hall–Kier alpha value is -2.14. The van der Waals surface area contributed by atoms with E-state index in [1.165, 1.54) is 16.7 Å². The molecule has 21 heavy (non-hydrogen) atoms. The lowest BCUT2D eigenvalue weighted by molar-refractivity contribution is -0.111. The fraction of sp³-hybridized carbons (Fsp3) is 0.368. The Morgan fingerprint density at radius 1 is 1.29 bits per heavy atom. The maximum atomic E-state index is 12.3. The summed E-state index contributed by atoms with van der Waals surface area (Å²) in [6.45, 7) is 13.8. The summed E-state index contributed by atoms with van der Waals surface area (Å²) < 4.78 is 0. The zero-order chi connectivity index (χ0) is 15.9. The molecule has 2 rings (SSSR count). The molecule has 108 valence electrons. The van der Waals surface area contributed by atoms with E-state index in [0.29, 0.717) is 12.0 Å². The lowest BCUT2D eigenvalue weighted by Gasteiger charge is -2.19. The van der Waals surface area contributed by atoms with Crippen molar-refractivity contribution in [3.63, 3.8) is 0 Å². The molecule has 0 heterocycles. The standard InChI is InChI=1S/C19H21NO/c1-11(2)18(21)16(10-20)15-9-19(5,6)17-8-13(4)12(3)7-14(15)17/h7-8H,1,9H2,2-6H3/b16-15+. The van der Waals surface area contributed by atoms with Crippen LogP contribution in [0.5, 0.6) is 0 Å². The first-order valence-corrected chi connectivity index (χ1v) is 7.14. The van der Waals surface area contributed by atoms with E-state index in [2.05, 4.69) is 52.5 Å². The van der Waals surface area contributed by atoms with Crippen LogP contribution in [-0.2, 0) is 10.2 Å². The Morgan fingerprint density at radius 2 is 1.86 bits per heavy atom. The highest BCUT2D eigenvalue weighted by Crippen LogP contribution is 2.47. The highest BCUT2D eigenvalue weighted by molar-refractivity contribution is 6.15. The van der Waals surface area contributed by atoms with Gasteiger partial charge in [0.1, 0.15) is 11.6 Å². The molecule has 0 spiro atoms. The third-order valence-electron chi connectivity index (χ3n) is 4.34. The van der Waals surface area contributed by atoms with E-state index in [0.717, 1.165) is 11.1 Å². The normalized spacial score (nSPS) is 17.9.